The minimum absolute atomic E-state index is 0.308. The van der Waals surface area contributed by atoms with Crippen molar-refractivity contribution in [3.8, 4) is 0 Å². The Morgan fingerprint density at radius 2 is 1.72 bits per heavy atom. The first-order valence-corrected chi connectivity index (χ1v) is 11.1. The van der Waals surface area contributed by atoms with Gasteiger partial charge in [0.25, 0.3) is 0 Å². The molecule has 0 saturated carbocycles. The highest BCUT2D eigenvalue weighted by Crippen LogP contribution is 2.36. The number of amidine groups is 1. The third-order valence-electron chi connectivity index (χ3n) is 5.47. The van der Waals surface area contributed by atoms with E-state index in [9.17, 15) is 4.79 Å². The molecule has 0 atom stereocenters. The summed E-state index contributed by atoms with van der Waals surface area (Å²) < 4.78 is 5.52. The van der Waals surface area contributed by atoms with Crippen LogP contribution >= 0.6 is 11.6 Å². The number of halogens is 1. The van der Waals surface area contributed by atoms with Crippen molar-refractivity contribution in [3.63, 3.8) is 0 Å². The van der Waals surface area contributed by atoms with E-state index in [4.69, 9.17) is 22.1 Å². The van der Waals surface area contributed by atoms with Gasteiger partial charge in [-0.2, -0.15) is 5.11 Å². The van der Waals surface area contributed by atoms with Gasteiger partial charge in [-0.25, -0.2) is 4.79 Å². The van der Waals surface area contributed by atoms with Gasteiger partial charge in [0, 0.05) is 18.1 Å². The average Bonchev–Trinajstić information content (AvgIpc) is 2.77. The van der Waals surface area contributed by atoms with Crippen molar-refractivity contribution in [3.05, 3.63) is 70.7 Å². The van der Waals surface area contributed by atoms with Crippen LogP contribution in [0.2, 0.25) is 5.02 Å². The molecule has 0 spiro atoms. The predicted molar refractivity (Wildman–Crippen MR) is 127 cm³/mol. The summed E-state index contributed by atoms with van der Waals surface area (Å²) in [6.07, 6.45) is 0.939. The van der Waals surface area contributed by atoms with E-state index in [-0.39, 0.29) is 6.09 Å². The fourth-order valence-corrected chi connectivity index (χ4v) is 3.85. The number of nitrogens with zero attached hydrogens (tertiary/aromatic N) is 4. The summed E-state index contributed by atoms with van der Waals surface area (Å²) in [7, 11) is 0. The van der Waals surface area contributed by atoms with Crippen molar-refractivity contribution in [2.75, 3.05) is 13.1 Å². The highest BCUT2D eigenvalue weighted by Gasteiger charge is 2.41. The molecule has 1 amide bonds. The summed E-state index contributed by atoms with van der Waals surface area (Å²) in [4.78, 5) is 14.2. The highest BCUT2D eigenvalue weighted by atomic mass is 35.5. The Hall–Kier alpha value is -2.93. The van der Waals surface area contributed by atoms with Gasteiger partial charge in [-0.3, -0.25) is 0 Å². The fraction of sp³-hybridized carbons (Fsp3) is 0.417. The van der Waals surface area contributed by atoms with E-state index in [1.54, 1.807) is 4.90 Å². The molecule has 0 unspecified atom stereocenters. The second-order valence-electron chi connectivity index (χ2n) is 8.92. The number of benzene rings is 2. The zero-order valence-electron chi connectivity index (χ0n) is 18.8. The molecule has 2 aromatic rings. The van der Waals surface area contributed by atoms with E-state index in [0.717, 1.165) is 11.1 Å². The van der Waals surface area contributed by atoms with Crippen LogP contribution in [0.1, 0.15) is 44.7 Å². The Morgan fingerprint density at radius 3 is 2.31 bits per heavy atom. The van der Waals surface area contributed by atoms with E-state index in [0.29, 0.717) is 43.3 Å². The lowest BCUT2D eigenvalue weighted by Gasteiger charge is -2.41. The first kappa shape index (κ1) is 23.7. The molecule has 2 N–H and O–H groups in total. The third kappa shape index (κ3) is 6.07. The lowest BCUT2D eigenvalue weighted by molar-refractivity contribution is 0.0188. The van der Waals surface area contributed by atoms with E-state index in [2.05, 4.69) is 15.4 Å². The van der Waals surface area contributed by atoms with Gasteiger partial charge in [0.15, 0.2) is 0 Å². The molecule has 1 aliphatic rings. The van der Waals surface area contributed by atoms with Crippen LogP contribution in [0.4, 0.5) is 4.79 Å². The largest absolute Gasteiger partial charge is 0.444 e. The van der Waals surface area contributed by atoms with Crippen molar-refractivity contribution in [1.82, 2.24) is 4.90 Å². The monoisotopic (exact) mass is 455 g/mol. The maximum Gasteiger partial charge on any atom is 0.410 e. The standard InChI is InChI=1S/C24H30ClN5O2/c1-23(2,3)32-22(31)30-15-13-24(14-16-30,19-7-5-4-6-8-19)21(26)28-29-27-17-18-9-11-20(25)12-10-18/h4-12H,13-17H2,1-3H3,(H2,26,27,28). The van der Waals surface area contributed by atoms with Gasteiger partial charge >= 0.3 is 6.09 Å². The summed E-state index contributed by atoms with van der Waals surface area (Å²) in [5.41, 5.74) is 7.47. The maximum atomic E-state index is 12.5. The molecular weight excluding hydrogens is 426 g/mol. The number of carbonyl (C=O) groups is 1. The van der Waals surface area contributed by atoms with E-state index in [1.165, 1.54) is 0 Å². The van der Waals surface area contributed by atoms with Crippen LogP contribution in [0.15, 0.2) is 70.0 Å². The molecule has 1 heterocycles. The van der Waals surface area contributed by atoms with Crippen LogP contribution in [0.5, 0.6) is 0 Å². The molecule has 0 aromatic heterocycles. The van der Waals surface area contributed by atoms with Gasteiger partial charge < -0.3 is 15.4 Å². The van der Waals surface area contributed by atoms with Crippen molar-refractivity contribution in [2.24, 2.45) is 21.2 Å². The minimum Gasteiger partial charge on any atom is -0.444 e. The van der Waals surface area contributed by atoms with Crippen molar-refractivity contribution >= 4 is 23.5 Å². The quantitative estimate of drug-likeness (QED) is 0.278. The van der Waals surface area contributed by atoms with Crippen LogP contribution in [0, 0.1) is 0 Å². The number of rotatable bonds is 5. The molecule has 2 aromatic carbocycles. The molecule has 0 bridgehead atoms. The molecule has 1 saturated heterocycles. The van der Waals surface area contributed by atoms with Gasteiger partial charge in [0.05, 0.1) is 12.0 Å². The van der Waals surface area contributed by atoms with Gasteiger partial charge in [-0.15, -0.1) is 5.10 Å². The summed E-state index contributed by atoms with van der Waals surface area (Å²) in [6.45, 7) is 7.01. The number of amides is 1. The smallest absolute Gasteiger partial charge is 0.410 e. The summed E-state index contributed by atoms with van der Waals surface area (Å²) in [5.74, 6) is 0.396. The molecule has 0 aliphatic carbocycles. The van der Waals surface area contributed by atoms with Gasteiger partial charge in [-0.1, -0.05) is 54.1 Å². The average molecular weight is 456 g/mol. The van der Waals surface area contributed by atoms with E-state index in [1.807, 2.05) is 75.4 Å². The zero-order valence-corrected chi connectivity index (χ0v) is 19.5. The molecule has 32 heavy (non-hydrogen) atoms. The molecular formula is C24H30ClN5O2. The Balaban J connectivity index is 1.75. The molecule has 170 valence electrons. The second-order valence-corrected chi connectivity index (χ2v) is 9.35. The van der Waals surface area contributed by atoms with Crippen molar-refractivity contribution < 1.29 is 9.53 Å². The molecule has 3 rings (SSSR count). The zero-order chi connectivity index (χ0) is 23.2. The summed E-state index contributed by atoms with van der Waals surface area (Å²) in [6, 6.07) is 17.4. The van der Waals surface area contributed by atoms with Gasteiger partial charge in [0.1, 0.15) is 11.4 Å². The molecule has 0 radical (unpaired) electrons. The minimum atomic E-state index is -0.532. The lowest BCUT2D eigenvalue weighted by atomic mass is 9.72. The molecule has 1 aliphatic heterocycles. The number of hydrogen-bond acceptors (Lipinski definition) is 4. The Morgan fingerprint density at radius 1 is 1.09 bits per heavy atom. The fourth-order valence-electron chi connectivity index (χ4n) is 3.73. The second kappa shape index (κ2) is 10.1. The van der Waals surface area contributed by atoms with Crippen LogP contribution in [-0.2, 0) is 16.7 Å². The number of ether oxygens (including phenoxy) is 1. The first-order valence-electron chi connectivity index (χ1n) is 10.7. The maximum absolute atomic E-state index is 12.5. The van der Waals surface area contributed by atoms with E-state index >= 15 is 0 Å². The summed E-state index contributed by atoms with van der Waals surface area (Å²) in [5, 5.41) is 13.1. The highest BCUT2D eigenvalue weighted by molar-refractivity contribution is 6.30. The Labute approximate surface area is 194 Å². The topological polar surface area (TPSA) is 92.6 Å². The first-order chi connectivity index (χ1) is 15.2. The van der Waals surface area contributed by atoms with Gasteiger partial charge in [0.2, 0.25) is 0 Å². The normalized spacial score (nSPS) is 16.9. The van der Waals surface area contributed by atoms with Crippen molar-refractivity contribution in [2.45, 2.75) is 51.2 Å². The van der Waals surface area contributed by atoms with Gasteiger partial charge in [-0.05, 0) is 62.1 Å². The van der Waals surface area contributed by atoms with Crippen LogP contribution in [0.3, 0.4) is 0 Å². The predicted octanol–water partition coefficient (Wildman–Crippen LogP) is 5.53. The summed E-state index contributed by atoms with van der Waals surface area (Å²) >= 11 is 5.91. The lowest BCUT2D eigenvalue weighted by Crippen LogP contribution is -2.52. The number of carbonyl (C=O) groups excluding carboxylic acids is 1. The number of hydrogen-bond donors (Lipinski definition) is 1. The van der Waals surface area contributed by atoms with Crippen LogP contribution in [-0.4, -0.2) is 35.5 Å². The molecule has 7 nitrogen and oxygen atoms in total. The number of nitrogens with two attached hydrogens (primary N) is 1. The van der Waals surface area contributed by atoms with E-state index < -0.39 is 11.0 Å². The number of likely N-dealkylation sites (tertiary alicyclic amines) is 1. The Bertz CT molecular complexity index is 960. The SMILES string of the molecule is CC(C)(C)OC(=O)N1CCC(/C(N)=N/N=NCc2ccc(Cl)cc2)(c2ccccc2)CC1. The van der Waals surface area contributed by atoms with Crippen LogP contribution < -0.4 is 5.73 Å². The third-order valence-corrected chi connectivity index (χ3v) is 5.72. The Kier molecular flexibility index (Phi) is 7.51. The molecule has 8 heteroatoms. The van der Waals surface area contributed by atoms with Crippen LogP contribution in [0.25, 0.3) is 0 Å². The van der Waals surface area contributed by atoms with Crippen molar-refractivity contribution in [1.29, 1.82) is 0 Å². The molecule has 1 fully saturated rings. The number of piperidine rings is 1.